The zero-order valence-electron chi connectivity index (χ0n) is 14.1. The van der Waals surface area contributed by atoms with Gasteiger partial charge in [-0.3, -0.25) is 10.1 Å². The second-order valence-electron chi connectivity index (χ2n) is 6.64. The minimum Gasteiger partial charge on any atom is -0.349 e. The van der Waals surface area contributed by atoms with Gasteiger partial charge in [-0.25, -0.2) is 4.99 Å². The van der Waals surface area contributed by atoms with Crippen LogP contribution in [0.2, 0.25) is 0 Å². The quantitative estimate of drug-likeness (QED) is 0.323. The Morgan fingerprint density at radius 3 is 2.41 bits per heavy atom. The van der Waals surface area contributed by atoms with Gasteiger partial charge in [0.1, 0.15) is 0 Å². The van der Waals surface area contributed by atoms with E-state index in [9.17, 15) is 10.1 Å². The normalized spacial score (nSPS) is 19.7. The number of nitro benzene ring substituents is 1. The highest BCUT2D eigenvalue weighted by Gasteiger charge is 2.54. The van der Waals surface area contributed by atoms with E-state index in [2.05, 4.69) is 39.0 Å². The van der Waals surface area contributed by atoms with E-state index >= 15 is 0 Å². The van der Waals surface area contributed by atoms with Crippen LogP contribution in [0.5, 0.6) is 0 Å². The van der Waals surface area contributed by atoms with Crippen molar-refractivity contribution < 1.29 is 4.92 Å². The maximum atomic E-state index is 11.0. The molecule has 1 saturated heterocycles. The molecular weight excluding hydrogens is 406 g/mol. The van der Waals surface area contributed by atoms with E-state index in [0.717, 1.165) is 32.7 Å². The summed E-state index contributed by atoms with van der Waals surface area (Å²) < 4.78 is 1.01. The van der Waals surface area contributed by atoms with Crippen LogP contribution in [-0.2, 0) is 0 Å². The number of fused-ring (bicyclic) bond motifs is 3. The second kappa shape index (κ2) is 6.03. The summed E-state index contributed by atoms with van der Waals surface area (Å²) in [5.74, 6) is 0. The lowest BCUT2D eigenvalue weighted by atomic mass is 10.0. The van der Waals surface area contributed by atoms with Crippen molar-refractivity contribution in [2.24, 2.45) is 4.99 Å². The molecule has 0 aromatic heterocycles. The summed E-state index contributed by atoms with van der Waals surface area (Å²) >= 11 is 3.55. The fourth-order valence-corrected chi connectivity index (χ4v) is 4.14. The average molecular weight is 420 g/mol. The molecule has 0 spiro atoms. The van der Waals surface area contributed by atoms with Gasteiger partial charge in [-0.1, -0.05) is 58.4 Å². The molecule has 5 rings (SSSR count). The predicted molar refractivity (Wildman–Crippen MR) is 109 cm³/mol. The summed E-state index contributed by atoms with van der Waals surface area (Å²) in [7, 11) is 0. The summed E-state index contributed by atoms with van der Waals surface area (Å²) in [5.41, 5.74) is 5.33. The zero-order chi connectivity index (χ0) is 18.5. The van der Waals surface area contributed by atoms with Crippen molar-refractivity contribution in [2.75, 3.05) is 4.90 Å². The lowest BCUT2D eigenvalue weighted by Gasteiger charge is -2.17. The molecule has 0 amide bonds. The number of halogens is 1. The van der Waals surface area contributed by atoms with E-state index in [-0.39, 0.29) is 22.7 Å². The number of aliphatic imine (C=N–C) groups is 1. The van der Waals surface area contributed by atoms with Gasteiger partial charge in [-0.05, 0) is 29.3 Å². The number of hydrogen-bond acceptors (Lipinski definition) is 4. The van der Waals surface area contributed by atoms with Crippen LogP contribution >= 0.6 is 15.9 Å². The molecule has 3 aromatic carbocycles. The highest BCUT2D eigenvalue weighted by Crippen LogP contribution is 2.55. The lowest BCUT2D eigenvalue weighted by molar-refractivity contribution is -0.384. The Morgan fingerprint density at radius 2 is 1.70 bits per heavy atom. The molecule has 1 fully saturated rings. The first kappa shape index (κ1) is 16.2. The summed E-state index contributed by atoms with van der Waals surface area (Å²) in [6.45, 7) is 0. The molecule has 0 bridgehead atoms. The van der Waals surface area contributed by atoms with Gasteiger partial charge in [0.15, 0.2) is 0 Å². The molecule has 3 aromatic rings. The van der Waals surface area contributed by atoms with Crippen LogP contribution in [0.15, 0.2) is 82.3 Å². The third-order valence-corrected chi connectivity index (χ3v) is 5.55. The molecule has 132 valence electrons. The summed E-state index contributed by atoms with van der Waals surface area (Å²) in [6, 6.07) is 23.4. The predicted octanol–water partition coefficient (Wildman–Crippen LogP) is 5.42. The standard InChI is InChI=1S/C21H14BrN3O2/c22-15-8-11-17-18(12-15)24-20(14-6-9-16(10-7-14)25(26)27)21(24)19(23-17)13-4-2-1-3-5-13/h1-12,20-21H. The maximum Gasteiger partial charge on any atom is 0.269 e. The SMILES string of the molecule is O=[N+]([O-])c1ccc(C2C3C(c4ccccc4)=Nc4ccc(Br)cc4N32)cc1. The van der Waals surface area contributed by atoms with Gasteiger partial charge in [0, 0.05) is 16.6 Å². The number of nitro groups is 1. The molecule has 2 unspecified atom stereocenters. The molecule has 0 saturated carbocycles. The molecule has 2 atom stereocenters. The summed E-state index contributed by atoms with van der Waals surface area (Å²) in [6.07, 6.45) is 0. The number of hydrogen-bond donors (Lipinski definition) is 0. The van der Waals surface area contributed by atoms with Gasteiger partial charge in [-0.15, -0.1) is 0 Å². The average Bonchev–Trinajstić information content (AvgIpc) is 3.44. The second-order valence-corrected chi connectivity index (χ2v) is 7.56. The van der Waals surface area contributed by atoms with Crippen molar-refractivity contribution in [3.8, 4) is 0 Å². The van der Waals surface area contributed by atoms with E-state index in [1.54, 1.807) is 12.1 Å². The van der Waals surface area contributed by atoms with Crippen LogP contribution in [-0.4, -0.2) is 16.7 Å². The van der Waals surface area contributed by atoms with E-state index in [4.69, 9.17) is 4.99 Å². The van der Waals surface area contributed by atoms with Crippen molar-refractivity contribution in [3.05, 3.63) is 98.5 Å². The molecule has 0 radical (unpaired) electrons. The Labute approximate surface area is 164 Å². The zero-order valence-corrected chi connectivity index (χ0v) is 15.7. The third kappa shape index (κ3) is 2.64. The summed E-state index contributed by atoms with van der Waals surface area (Å²) in [4.78, 5) is 17.9. The van der Waals surface area contributed by atoms with Crippen LogP contribution < -0.4 is 4.90 Å². The highest BCUT2D eigenvalue weighted by atomic mass is 79.9. The molecule has 27 heavy (non-hydrogen) atoms. The Morgan fingerprint density at radius 1 is 0.963 bits per heavy atom. The fraction of sp³-hybridized carbons (Fsp3) is 0.0952. The van der Waals surface area contributed by atoms with Gasteiger partial charge in [0.25, 0.3) is 5.69 Å². The molecular formula is C21H14BrN3O2. The Kier molecular flexibility index (Phi) is 3.62. The van der Waals surface area contributed by atoms with Crippen molar-refractivity contribution in [1.29, 1.82) is 0 Å². The fourth-order valence-electron chi connectivity index (χ4n) is 3.79. The van der Waals surface area contributed by atoms with Crippen molar-refractivity contribution in [1.82, 2.24) is 0 Å². The first-order valence-electron chi connectivity index (χ1n) is 8.60. The van der Waals surface area contributed by atoms with Gasteiger partial charge < -0.3 is 4.90 Å². The van der Waals surface area contributed by atoms with E-state index in [1.807, 2.05) is 42.5 Å². The first-order chi connectivity index (χ1) is 13.1. The smallest absolute Gasteiger partial charge is 0.269 e. The lowest BCUT2D eigenvalue weighted by Crippen LogP contribution is -2.17. The minimum absolute atomic E-state index is 0.109. The molecule has 5 nitrogen and oxygen atoms in total. The van der Waals surface area contributed by atoms with Crippen LogP contribution in [0.3, 0.4) is 0 Å². The van der Waals surface area contributed by atoms with Gasteiger partial charge >= 0.3 is 0 Å². The van der Waals surface area contributed by atoms with Crippen LogP contribution in [0.25, 0.3) is 0 Å². The minimum atomic E-state index is -0.368. The van der Waals surface area contributed by atoms with Crippen LogP contribution in [0.1, 0.15) is 17.2 Å². The molecule has 2 aliphatic rings. The molecule has 0 aliphatic carbocycles. The Hall–Kier alpha value is -2.99. The van der Waals surface area contributed by atoms with Gasteiger partial charge in [-0.2, -0.15) is 0 Å². The van der Waals surface area contributed by atoms with E-state index in [1.165, 1.54) is 0 Å². The van der Waals surface area contributed by atoms with Crippen molar-refractivity contribution >= 4 is 38.7 Å². The third-order valence-electron chi connectivity index (χ3n) is 5.06. The Bertz CT molecular complexity index is 1080. The monoisotopic (exact) mass is 419 g/mol. The van der Waals surface area contributed by atoms with Gasteiger partial charge in [0.05, 0.1) is 34.1 Å². The molecule has 0 N–H and O–H groups in total. The van der Waals surface area contributed by atoms with Crippen molar-refractivity contribution in [3.63, 3.8) is 0 Å². The largest absolute Gasteiger partial charge is 0.349 e. The van der Waals surface area contributed by atoms with Crippen LogP contribution in [0, 0.1) is 10.1 Å². The molecule has 2 heterocycles. The number of anilines is 1. The molecule has 2 aliphatic heterocycles. The maximum absolute atomic E-state index is 11.0. The van der Waals surface area contributed by atoms with E-state index < -0.39 is 0 Å². The van der Waals surface area contributed by atoms with Crippen molar-refractivity contribution in [2.45, 2.75) is 12.1 Å². The van der Waals surface area contributed by atoms with E-state index in [0.29, 0.717) is 0 Å². The number of rotatable bonds is 3. The number of benzene rings is 3. The summed E-state index contributed by atoms with van der Waals surface area (Å²) in [5, 5.41) is 11.0. The Balaban J connectivity index is 1.61. The molecule has 6 heteroatoms. The number of non-ortho nitro benzene ring substituents is 1. The number of nitrogens with zero attached hydrogens (tertiary/aromatic N) is 3. The first-order valence-corrected chi connectivity index (χ1v) is 9.39. The topological polar surface area (TPSA) is 58.5 Å². The van der Waals surface area contributed by atoms with Crippen LogP contribution in [0.4, 0.5) is 17.1 Å². The highest BCUT2D eigenvalue weighted by molar-refractivity contribution is 9.10. The van der Waals surface area contributed by atoms with Gasteiger partial charge in [0.2, 0.25) is 0 Å².